The molecule has 0 amide bonds. The van der Waals surface area contributed by atoms with E-state index in [0.29, 0.717) is 6.04 Å². The lowest BCUT2D eigenvalue weighted by Crippen LogP contribution is -2.24. The molecule has 1 saturated heterocycles. The summed E-state index contributed by atoms with van der Waals surface area (Å²) in [7, 11) is 3.73. The smallest absolute Gasteiger partial charge is 0.119 e. The van der Waals surface area contributed by atoms with Gasteiger partial charge in [0.1, 0.15) is 5.75 Å². The maximum atomic E-state index is 5.43. The van der Waals surface area contributed by atoms with Crippen LogP contribution in [0.3, 0.4) is 0 Å². The third-order valence-corrected chi connectivity index (χ3v) is 4.56. The summed E-state index contributed by atoms with van der Waals surface area (Å²) in [5, 5.41) is 3.43. The third kappa shape index (κ3) is 3.94. The van der Waals surface area contributed by atoms with Gasteiger partial charge in [0.25, 0.3) is 0 Å². The summed E-state index contributed by atoms with van der Waals surface area (Å²) in [5.74, 6) is 1.65. The van der Waals surface area contributed by atoms with Gasteiger partial charge in [-0.25, -0.2) is 0 Å². The summed E-state index contributed by atoms with van der Waals surface area (Å²) in [6, 6.07) is 6.51. The van der Waals surface area contributed by atoms with Crippen LogP contribution in [0.5, 0.6) is 5.75 Å². The van der Waals surface area contributed by atoms with Gasteiger partial charge >= 0.3 is 0 Å². The van der Waals surface area contributed by atoms with Crippen molar-refractivity contribution in [3.63, 3.8) is 0 Å². The molecule has 0 aliphatic carbocycles. The van der Waals surface area contributed by atoms with Crippen molar-refractivity contribution in [1.29, 1.82) is 0 Å². The zero-order valence-electron chi connectivity index (χ0n) is 11.6. The van der Waals surface area contributed by atoms with E-state index in [1.165, 1.54) is 18.4 Å². The lowest BCUT2D eigenvalue weighted by molar-refractivity contribution is 0.0607. The van der Waals surface area contributed by atoms with Gasteiger partial charge < -0.3 is 14.8 Å². The Morgan fingerprint density at radius 2 is 2.16 bits per heavy atom. The van der Waals surface area contributed by atoms with Crippen LogP contribution in [0.4, 0.5) is 0 Å². The molecule has 19 heavy (non-hydrogen) atoms. The lowest BCUT2D eigenvalue weighted by atomic mass is 9.89. The first-order chi connectivity index (χ1) is 9.24. The second-order valence-corrected chi connectivity index (χ2v) is 5.87. The molecule has 0 aromatic heterocycles. The number of hydrogen-bond acceptors (Lipinski definition) is 3. The molecule has 1 heterocycles. The molecule has 1 aromatic rings. The average Bonchev–Trinajstić information content (AvgIpc) is 2.47. The Bertz CT molecular complexity index is 405. The quantitative estimate of drug-likeness (QED) is 0.897. The Labute approximate surface area is 123 Å². The van der Waals surface area contributed by atoms with Gasteiger partial charge in [0.15, 0.2) is 0 Å². The molecule has 3 nitrogen and oxygen atoms in total. The van der Waals surface area contributed by atoms with Crippen LogP contribution < -0.4 is 10.1 Å². The van der Waals surface area contributed by atoms with Crippen LogP contribution in [0.1, 0.15) is 30.9 Å². The molecule has 1 aliphatic heterocycles. The predicted octanol–water partition coefficient (Wildman–Crippen LogP) is 3.53. The highest BCUT2D eigenvalue weighted by Gasteiger charge is 2.21. The summed E-state index contributed by atoms with van der Waals surface area (Å²) < 4.78 is 11.9. The molecule has 1 atom stereocenters. The van der Waals surface area contributed by atoms with Gasteiger partial charge in [-0.2, -0.15) is 0 Å². The first kappa shape index (κ1) is 14.8. The molecule has 0 radical (unpaired) electrons. The Hall–Kier alpha value is -0.580. The number of rotatable bonds is 5. The largest absolute Gasteiger partial charge is 0.497 e. The van der Waals surface area contributed by atoms with Crippen LogP contribution in [0.25, 0.3) is 0 Å². The zero-order chi connectivity index (χ0) is 13.7. The average molecular weight is 328 g/mol. The van der Waals surface area contributed by atoms with E-state index < -0.39 is 0 Å². The van der Waals surface area contributed by atoms with E-state index in [1.54, 1.807) is 7.11 Å². The van der Waals surface area contributed by atoms with Crippen LogP contribution in [-0.4, -0.2) is 27.4 Å². The number of nitrogens with one attached hydrogen (secondary N) is 1. The second-order valence-electron chi connectivity index (χ2n) is 5.02. The van der Waals surface area contributed by atoms with E-state index in [9.17, 15) is 0 Å². The van der Waals surface area contributed by atoms with Gasteiger partial charge in [-0.3, -0.25) is 0 Å². The molecule has 2 rings (SSSR count). The van der Waals surface area contributed by atoms with E-state index in [2.05, 4.69) is 33.4 Å². The normalized spacial score (nSPS) is 18.3. The van der Waals surface area contributed by atoms with Crippen molar-refractivity contribution in [3.8, 4) is 5.75 Å². The van der Waals surface area contributed by atoms with Crippen molar-refractivity contribution in [1.82, 2.24) is 5.32 Å². The number of ether oxygens (including phenoxy) is 2. The molecule has 4 heteroatoms. The fourth-order valence-electron chi connectivity index (χ4n) is 2.63. The molecule has 1 fully saturated rings. The highest BCUT2D eigenvalue weighted by atomic mass is 79.9. The minimum atomic E-state index is 0.354. The van der Waals surface area contributed by atoms with Gasteiger partial charge in [0.2, 0.25) is 0 Å². The van der Waals surface area contributed by atoms with E-state index in [4.69, 9.17) is 9.47 Å². The van der Waals surface area contributed by atoms with Gasteiger partial charge in [-0.1, -0.05) is 15.9 Å². The highest BCUT2D eigenvalue weighted by Crippen LogP contribution is 2.33. The molecule has 1 aliphatic rings. The minimum Gasteiger partial charge on any atom is -0.497 e. The van der Waals surface area contributed by atoms with Crippen LogP contribution in [0.2, 0.25) is 0 Å². The maximum Gasteiger partial charge on any atom is 0.119 e. The van der Waals surface area contributed by atoms with Crippen molar-refractivity contribution in [2.75, 3.05) is 27.4 Å². The van der Waals surface area contributed by atoms with Crippen LogP contribution in [-0.2, 0) is 4.74 Å². The van der Waals surface area contributed by atoms with E-state index in [0.717, 1.165) is 35.8 Å². The summed E-state index contributed by atoms with van der Waals surface area (Å²) in [4.78, 5) is 0. The number of benzene rings is 1. The predicted molar refractivity (Wildman–Crippen MR) is 80.7 cm³/mol. The Balaban J connectivity index is 2.11. The molecule has 0 saturated carbocycles. The fraction of sp³-hybridized carbons (Fsp3) is 0.600. The first-order valence-corrected chi connectivity index (χ1v) is 7.62. The van der Waals surface area contributed by atoms with Gasteiger partial charge in [0, 0.05) is 23.7 Å². The summed E-state index contributed by atoms with van der Waals surface area (Å²) in [5.41, 5.74) is 1.27. The number of halogens is 1. The molecule has 1 N–H and O–H groups in total. The van der Waals surface area contributed by atoms with Crippen molar-refractivity contribution in [3.05, 3.63) is 28.2 Å². The zero-order valence-corrected chi connectivity index (χ0v) is 13.2. The van der Waals surface area contributed by atoms with E-state index >= 15 is 0 Å². The number of hydrogen-bond donors (Lipinski definition) is 1. The van der Waals surface area contributed by atoms with Crippen LogP contribution in [0.15, 0.2) is 22.7 Å². The minimum absolute atomic E-state index is 0.354. The highest BCUT2D eigenvalue weighted by molar-refractivity contribution is 9.10. The van der Waals surface area contributed by atoms with Gasteiger partial charge in [0.05, 0.1) is 7.11 Å². The maximum absolute atomic E-state index is 5.43. The van der Waals surface area contributed by atoms with E-state index in [-0.39, 0.29) is 0 Å². The van der Waals surface area contributed by atoms with E-state index in [1.807, 2.05) is 13.1 Å². The Morgan fingerprint density at radius 1 is 1.42 bits per heavy atom. The summed E-state index contributed by atoms with van der Waals surface area (Å²) in [6.07, 6.45) is 3.48. The van der Waals surface area contributed by atoms with Gasteiger partial charge in [-0.05, 0) is 56.0 Å². The van der Waals surface area contributed by atoms with Crippen molar-refractivity contribution >= 4 is 15.9 Å². The second kappa shape index (κ2) is 7.27. The Kier molecular flexibility index (Phi) is 5.67. The van der Waals surface area contributed by atoms with Crippen molar-refractivity contribution in [2.45, 2.75) is 25.3 Å². The van der Waals surface area contributed by atoms with Crippen LogP contribution in [0, 0.1) is 5.92 Å². The summed E-state index contributed by atoms with van der Waals surface area (Å²) in [6.45, 7) is 1.81. The van der Waals surface area contributed by atoms with Gasteiger partial charge in [-0.15, -0.1) is 0 Å². The Morgan fingerprint density at radius 3 is 2.79 bits per heavy atom. The van der Waals surface area contributed by atoms with Crippen molar-refractivity contribution < 1.29 is 9.47 Å². The summed E-state index contributed by atoms with van der Waals surface area (Å²) >= 11 is 3.65. The topological polar surface area (TPSA) is 30.5 Å². The SMILES string of the molecule is CNC(CC1CCOCC1)c1cc(OC)ccc1Br. The number of methoxy groups -OCH3 is 1. The molecule has 0 bridgehead atoms. The first-order valence-electron chi connectivity index (χ1n) is 6.83. The lowest BCUT2D eigenvalue weighted by Gasteiger charge is -2.27. The third-order valence-electron chi connectivity index (χ3n) is 3.84. The molecule has 106 valence electrons. The molecular weight excluding hydrogens is 306 g/mol. The monoisotopic (exact) mass is 327 g/mol. The molecule has 1 unspecified atom stereocenters. The fourth-order valence-corrected chi connectivity index (χ4v) is 3.15. The van der Waals surface area contributed by atoms with Crippen molar-refractivity contribution in [2.24, 2.45) is 5.92 Å². The van der Waals surface area contributed by atoms with Crippen LogP contribution >= 0.6 is 15.9 Å². The molecule has 0 spiro atoms. The standard InChI is InChI=1S/C15H22BrNO2/c1-17-15(9-11-5-7-19-8-6-11)13-10-12(18-2)3-4-14(13)16/h3-4,10-11,15,17H,5-9H2,1-2H3. The molecule has 1 aromatic carbocycles. The molecular formula is C15H22BrNO2.